The van der Waals surface area contributed by atoms with Crippen molar-refractivity contribution < 1.29 is 0 Å². The highest BCUT2D eigenvalue weighted by atomic mass is 31.3. The average Bonchev–Trinajstić information content (AvgIpc) is 3.33. The summed E-state index contributed by atoms with van der Waals surface area (Å²) < 4.78 is 1.61. The fraction of sp³-hybridized carbons (Fsp3) is 0. The lowest BCUT2D eigenvalue weighted by Gasteiger charge is -2.42. The van der Waals surface area contributed by atoms with Crippen molar-refractivity contribution in [2.75, 3.05) is 0 Å². The number of rotatable bonds is 11. The Bertz CT molecular complexity index is 2300. The number of benzene rings is 9. The van der Waals surface area contributed by atoms with E-state index in [1.54, 1.807) is 4.78 Å². The van der Waals surface area contributed by atoms with Crippen LogP contribution in [0.4, 0.5) is 0 Å². The van der Waals surface area contributed by atoms with Gasteiger partial charge in [0.05, 0.1) is 6.89 Å². The summed E-state index contributed by atoms with van der Waals surface area (Å²) in [4.78, 5) is 0. The van der Waals surface area contributed by atoms with Crippen molar-refractivity contribution in [3.05, 3.63) is 273 Å². The molecule has 0 heterocycles. The Morgan fingerprint density at radius 2 is 0.362 bits per heavy atom. The molecule has 0 bridgehead atoms. The van der Waals surface area contributed by atoms with E-state index in [4.69, 9.17) is 0 Å². The van der Waals surface area contributed by atoms with Crippen LogP contribution in [-0.2, 0) is 0 Å². The molecule has 0 spiro atoms. The smallest absolute Gasteiger partial charge is 0.0622 e. The lowest BCUT2D eigenvalue weighted by atomic mass is 10.4. The van der Waals surface area contributed by atoms with Crippen molar-refractivity contribution >= 4 is 73.9 Å². The van der Waals surface area contributed by atoms with E-state index >= 15 is 0 Å². The topological polar surface area (TPSA) is 0 Å². The van der Waals surface area contributed by atoms with Crippen LogP contribution in [0.25, 0.3) is 0 Å². The van der Waals surface area contributed by atoms with E-state index < -0.39 is 21.4 Å². The highest BCUT2D eigenvalue weighted by molar-refractivity contribution is 8.40. The van der Waals surface area contributed by atoms with Crippen LogP contribution in [0, 0.1) is 0 Å². The van der Waals surface area contributed by atoms with Gasteiger partial charge in [-0.1, -0.05) is 200 Å². The van der Waals surface area contributed by atoms with Crippen LogP contribution in [0.2, 0.25) is 0 Å². The Morgan fingerprint density at radius 3 is 0.534 bits per heavy atom. The minimum absolute atomic E-state index is 1.35. The molecule has 9 aromatic rings. The minimum atomic E-state index is -2.88. The van der Waals surface area contributed by atoms with Crippen molar-refractivity contribution in [3.8, 4) is 0 Å². The molecule has 0 aromatic heterocycles. The molecule has 3 heteroatoms. The SMILES string of the molecule is c1ccc(P(=C([P+](c2ccccc2)(c2ccccc2)c2ccccc2)[P+](c2ccccc2)(c2ccccc2)c2ccccc2)(c2ccccc2)c2ccccc2)cc1. The van der Waals surface area contributed by atoms with Crippen LogP contribution in [0.1, 0.15) is 0 Å². The molecule has 0 N–H and O–H groups in total. The van der Waals surface area contributed by atoms with Crippen molar-refractivity contribution in [3.63, 3.8) is 0 Å². The number of hydrogen-bond donors (Lipinski definition) is 0. The molecule has 0 fully saturated rings. The fourth-order valence-corrected chi connectivity index (χ4v) is 30.9. The Hall–Kier alpha value is -5.86. The molecule has 0 nitrogen and oxygen atoms in total. The molecule has 58 heavy (non-hydrogen) atoms. The molecule has 9 rings (SSSR count). The van der Waals surface area contributed by atoms with Gasteiger partial charge >= 0.3 is 0 Å². The first-order chi connectivity index (χ1) is 28.8. The zero-order valence-electron chi connectivity index (χ0n) is 32.3. The Labute approximate surface area is 345 Å². The van der Waals surface area contributed by atoms with Gasteiger partial charge in [0.2, 0.25) is 4.78 Å². The van der Waals surface area contributed by atoms with Gasteiger partial charge in [-0.2, -0.15) is 0 Å². The van der Waals surface area contributed by atoms with Crippen molar-refractivity contribution in [2.45, 2.75) is 0 Å². The maximum absolute atomic E-state index is 2.88. The molecule has 0 saturated heterocycles. The third-order valence-electron chi connectivity index (χ3n) is 11.2. The maximum atomic E-state index is 2.43. The summed E-state index contributed by atoms with van der Waals surface area (Å²) in [7, 11) is -5.77. The third kappa shape index (κ3) is 6.34. The highest BCUT2D eigenvalue weighted by Crippen LogP contribution is 2.79. The second-order valence-corrected chi connectivity index (χ2v) is 25.4. The first kappa shape index (κ1) is 37.7. The van der Waals surface area contributed by atoms with Gasteiger partial charge in [-0.15, -0.1) is 0 Å². The molecule has 9 aromatic carbocycles. The molecule has 278 valence electrons. The van der Waals surface area contributed by atoms with Gasteiger partial charge in [-0.05, 0) is 88.7 Å². The van der Waals surface area contributed by atoms with Gasteiger partial charge in [0, 0.05) is 0 Å². The Kier molecular flexibility index (Phi) is 11.0. The average molecular weight is 799 g/mol. The zero-order valence-corrected chi connectivity index (χ0v) is 35.0. The summed E-state index contributed by atoms with van der Waals surface area (Å²) in [5.74, 6) is 0. The fourth-order valence-electron chi connectivity index (χ4n) is 8.92. The first-order valence-corrected chi connectivity index (χ1v) is 25.2. The van der Waals surface area contributed by atoms with Crippen LogP contribution >= 0.6 is 21.4 Å². The highest BCUT2D eigenvalue weighted by Gasteiger charge is 2.69. The van der Waals surface area contributed by atoms with Gasteiger partial charge in [0.1, 0.15) is 31.8 Å². The van der Waals surface area contributed by atoms with E-state index in [0.717, 1.165) is 0 Å². The predicted molar refractivity (Wildman–Crippen MR) is 260 cm³/mol. The Morgan fingerprint density at radius 1 is 0.207 bits per heavy atom. The monoisotopic (exact) mass is 798 g/mol. The largest absolute Gasteiger partial charge is 0.237 e. The summed E-state index contributed by atoms with van der Waals surface area (Å²) in [6.07, 6.45) is 0. The van der Waals surface area contributed by atoms with E-state index in [9.17, 15) is 0 Å². The van der Waals surface area contributed by atoms with E-state index in [1.807, 2.05) is 0 Å². The lowest BCUT2D eigenvalue weighted by Crippen LogP contribution is -2.48. The summed E-state index contributed by atoms with van der Waals surface area (Å²) in [5.41, 5.74) is 0. The van der Waals surface area contributed by atoms with Crippen molar-refractivity contribution in [1.29, 1.82) is 0 Å². The van der Waals surface area contributed by atoms with Crippen molar-refractivity contribution in [1.82, 2.24) is 0 Å². The summed E-state index contributed by atoms with van der Waals surface area (Å²) >= 11 is 0. The van der Waals surface area contributed by atoms with E-state index in [2.05, 4.69) is 273 Å². The van der Waals surface area contributed by atoms with Crippen LogP contribution < -0.4 is 47.7 Å². The standard InChI is InChI=1S/C55H45P3/c1-10-28-46(29-11-1)56(47-30-12-2-13-31-47,48-32-14-3-15-33-48)55(57(49-34-16-4-17-35-49,50-36-18-5-19-37-50)51-38-20-6-21-39-51)58(52-40-22-7-23-41-52,53-42-24-8-25-43-53)54-44-26-9-27-45-54/h1-45H/q+2. The number of hydrogen-bond acceptors (Lipinski definition) is 0. The van der Waals surface area contributed by atoms with Gasteiger partial charge in [-0.25, -0.2) is 0 Å². The van der Waals surface area contributed by atoms with E-state index in [-0.39, 0.29) is 0 Å². The van der Waals surface area contributed by atoms with Gasteiger partial charge in [0.15, 0.2) is 14.5 Å². The molecule has 0 unspecified atom stereocenters. The third-order valence-corrected chi connectivity index (χ3v) is 28.0. The maximum Gasteiger partial charge on any atom is 0.237 e. The minimum Gasteiger partial charge on any atom is -0.0622 e. The van der Waals surface area contributed by atoms with Crippen LogP contribution in [0.3, 0.4) is 0 Å². The lowest BCUT2D eigenvalue weighted by molar-refractivity contribution is 1.72. The van der Waals surface area contributed by atoms with Gasteiger partial charge in [0.25, 0.3) is 0 Å². The van der Waals surface area contributed by atoms with Crippen LogP contribution in [-0.4, -0.2) is 4.78 Å². The molecular formula is C55H45P3+2. The molecule has 0 aliphatic heterocycles. The zero-order chi connectivity index (χ0) is 39.1. The second-order valence-electron chi connectivity index (χ2n) is 14.3. The van der Waals surface area contributed by atoms with E-state index in [0.29, 0.717) is 0 Å². The van der Waals surface area contributed by atoms with E-state index in [1.165, 1.54) is 47.7 Å². The summed E-state index contributed by atoms with van der Waals surface area (Å²) in [6, 6.07) is 104. The van der Waals surface area contributed by atoms with Gasteiger partial charge < -0.3 is 0 Å². The van der Waals surface area contributed by atoms with Crippen molar-refractivity contribution in [2.24, 2.45) is 0 Å². The summed E-state index contributed by atoms with van der Waals surface area (Å²) in [5, 5.41) is 12.1. The molecule has 0 aliphatic carbocycles. The predicted octanol–water partition coefficient (Wildman–Crippen LogP) is 10.1. The summed E-state index contributed by atoms with van der Waals surface area (Å²) in [6.45, 7) is -2.88. The normalized spacial score (nSPS) is 11.8. The Balaban J connectivity index is 1.76. The molecular weight excluding hydrogens is 754 g/mol. The molecule has 0 radical (unpaired) electrons. The second kappa shape index (κ2) is 16.9. The molecule has 0 atom stereocenters. The molecule has 0 saturated carbocycles. The van der Waals surface area contributed by atoms with Crippen LogP contribution in [0.15, 0.2) is 273 Å². The van der Waals surface area contributed by atoms with Gasteiger partial charge in [-0.3, -0.25) is 0 Å². The van der Waals surface area contributed by atoms with Crippen LogP contribution in [0.5, 0.6) is 0 Å². The molecule has 0 amide bonds. The molecule has 0 aliphatic rings. The first-order valence-electron chi connectivity index (χ1n) is 19.9. The quantitative estimate of drug-likeness (QED) is 0.114.